The van der Waals surface area contributed by atoms with Gasteiger partial charge >= 0.3 is 0 Å². The molecule has 0 radical (unpaired) electrons. The Hall–Kier alpha value is -1.27. The van der Waals surface area contributed by atoms with Gasteiger partial charge in [0.05, 0.1) is 0 Å². The number of aromatic nitrogens is 2. The van der Waals surface area contributed by atoms with Crippen molar-refractivity contribution in [1.29, 1.82) is 5.41 Å². The molecule has 0 fully saturated rings. The monoisotopic (exact) mass is 211 g/mol. The van der Waals surface area contributed by atoms with E-state index in [1.54, 1.807) is 25.4 Å². The van der Waals surface area contributed by atoms with E-state index < -0.39 is 6.10 Å². The van der Waals surface area contributed by atoms with E-state index in [9.17, 15) is 0 Å². The second kappa shape index (κ2) is 4.83. The fourth-order valence-electron chi connectivity index (χ4n) is 0.665. The van der Waals surface area contributed by atoms with Gasteiger partial charge in [-0.3, -0.25) is 5.41 Å². The second-order valence-electron chi connectivity index (χ2n) is 2.58. The van der Waals surface area contributed by atoms with Crippen LogP contribution in [0.2, 0.25) is 0 Å². The van der Waals surface area contributed by atoms with Crippen LogP contribution in [0.1, 0.15) is 12.7 Å². The number of aliphatic hydroxyl groups is 1. The molecule has 0 aliphatic heterocycles. The van der Waals surface area contributed by atoms with E-state index in [0.717, 1.165) is 11.8 Å². The van der Waals surface area contributed by atoms with Crippen LogP contribution in [0.3, 0.4) is 0 Å². The minimum absolute atomic E-state index is 0.129. The predicted octanol–water partition coefficient (Wildman–Crippen LogP) is -0.926. The Balaban J connectivity index is 2.65. The summed E-state index contributed by atoms with van der Waals surface area (Å²) in [6.07, 6.45) is 2.36. The first-order valence-corrected chi connectivity index (χ1v) is 4.77. The summed E-state index contributed by atoms with van der Waals surface area (Å²) in [5.41, 5.74) is 0. The first-order chi connectivity index (χ1) is 6.61. The van der Waals surface area contributed by atoms with Gasteiger partial charge in [0.2, 0.25) is 5.04 Å². The number of nitrogens with zero attached hydrogens (tertiary/aromatic N) is 2. The van der Waals surface area contributed by atoms with Gasteiger partial charge in [-0.15, -0.1) is 0 Å². The van der Waals surface area contributed by atoms with Gasteiger partial charge in [0.15, 0.2) is 5.82 Å². The summed E-state index contributed by atoms with van der Waals surface area (Å²) in [6.45, 7) is 1.54. The molecule has 1 rings (SSSR count). The zero-order valence-electron chi connectivity index (χ0n) is 7.64. The number of thioether (sulfide) groups is 1. The Bertz CT molecular complexity index is 338. The van der Waals surface area contributed by atoms with Gasteiger partial charge in [0.25, 0.3) is 0 Å². The van der Waals surface area contributed by atoms with Crippen molar-refractivity contribution in [3.63, 3.8) is 0 Å². The predicted molar refractivity (Wildman–Crippen MR) is 55.1 cm³/mol. The van der Waals surface area contributed by atoms with Crippen molar-refractivity contribution in [3.8, 4) is 0 Å². The highest BCUT2D eigenvalue weighted by molar-refractivity contribution is 8.26. The van der Waals surface area contributed by atoms with Gasteiger partial charge in [-0.05, 0) is 24.8 Å². The van der Waals surface area contributed by atoms with Crippen LogP contribution < -0.4 is 5.41 Å². The maximum absolute atomic E-state index is 9.10. The van der Waals surface area contributed by atoms with Gasteiger partial charge in [-0.1, -0.05) is 0 Å². The average Bonchev–Trinajstić information content (AvgIpc) is 2.19. The molecule has 1 aromatic rings. The molecule has 0 saturated heterocycles. The maximum atomic E-state index is 9.10. The summed E-state index contributed by atoms with van der Waals surface area (Å²) in [4.78, 5) is 7.77. The zero-order valence-corrected chi connectivity index (χ0v) is 8.45. The molecule has 0 saturated carbocycles. The maximum Gasteiger partial charge on any atom is 0.242 e. The molecule has 0 aliphatic rings. The molecule has 0 amide bonds. The van der Waals surface area contributed by atoms with Crippen molar-refractivity contribution in [2.75, 3.05) is 0 Å². The van der Waals surface area contributed by atoms with Crippen LogP contribution in [0, 0.1) is 5.41 Å². The summed E-state index contributed by atoms with van der Waals surface area (Å²) in [5.74, 6) is 0.307. The molecule has 5 nitrogen and oxygen atoms in total. The summed E-state index contributed by atoms with van der Waals surface area (Å²) < 4.78 is 0. The number of hydrogen-bond acceptors (Lipinski definition) is 5. The van der Waals surface area contributed by atoms with E-state index in [0.29, 0.717) is 5.82 Å². The largest absolute Gasteiger partial charge is 0.382 e. The molecule has 0 unspecified atom stereocenters. The van der Waals surface area contributed by atoms with Crippen molar-refractivity contribution in [1.82, 2.24) is 9.97 Å². The minimum Gasteiger partial charge on any atom is -0.382 e. The third-order valence-electron chi connectivity index (χ3n) is 1.40. The summed E-state index contributed by atoms with van der Waals surface area (Å²) >= 11 is 0.964. The van der Waals surface area contributed by atoms with Crippen LogP contribution in [0.25, 0.3) is 0 Å². The minimum atomic E-state index is -0.746. The number of nitrogens with two attached hydrogens (primary N) is 1. The highest BCUT2D eigenvalue weighted by atomic mass is 32.2. The van der Waals surface area contributed by atoms with Gasteiger partial charge in [-0.2, -0.15) is 0 Å². The Kier molecular flexibility index (Phi) is 3.73. The lowest BCUT2D eigenvalue weighted by atomic mass is 10.5. The van der Waals surface area contributed by atoms with Crippen LogP contribution >= 0.6 is 11.8 Å². The third kappa shape index (κ3) is 2.90. The molecule has 1 heterocycles. The molecule has 14 heavy (non-hydrogen) atoms. The van der Waals surface area contributed by atoms with E-state index in [2.05, 4.69) is 9.97 Å². The van der Waals surface area contributed by atoms with Crippen LogP contribution in [0.4, 0.5) is 0 Å². The van der Waals surface area contributed by atoms with Gasteiger partial charge in [0.1, 0.15) is 11.1 Å². The van der Waals surface area contributed by atoms with Gasteiger partial charge in [-0.25, -0.2) is 15.4 Å². The second-order valence-corrected chi connectivity index (χ2v) is 3.67. The quantitative estimate of drug-likeness (QED) is 0.435. The molecule has 6 heteroatoms. The van der Waals surface area contributed by atoms with Crippen molar-refractivity contribution >= 4 is 21.8 Å². The van der Waals surface area contributed by atoms with Crippen molar-refractivity contribution in [3.05, 3.63) is 24.3 Å². The fourth-order valence-corrected chi connectivity index (χ4v) is 1.27. The Morgan fingerprint density at radius 3 is 2.64 bits per heavy atom. The molecule has 0 aliphatic carbocycles. The summed E-state index contributed by atoms with van der Waals surface area (Å²) in [6, 6.07) is 1.67. The molecule has 74 valence electrons. The Labute approximate surface area is 85.6 Å². The smallest absolute Gasteiger partial charge is 0.242 e. The Morgan fingerprint density at radius 1 is 1.57 bits per heavy atom. The van der Waals surface area contributed by atoms with Gasteiger partial charge < -0.3 is 5.11 Å². The van der Waals surface area contributed by atoms with Crippen molar-refractivity contribution < 1.29 is 10.5 Å². The molecular formula is C8H11N4OS+. The summed E-state index contributed by atoms with van der Waals surface area (Å²) in [7, 11) is 0. The average molecular weight is 211 g/mol. The van der Waals surface area contributed by atoms with Crippen molar-refractivity contribution in [2.24, 2.45) is 0 Å². The van der Waals surface area contributed by atoms with E-state index in [1.807, 2.05) is 0 Å². The first kappa shape index (κ1) is 10.8. The highest BCUT2D eigenvalue weighted by Crippen LogP contribution is 2.09. The lowest BCUT2D eigenvalue weighted by Gasteiger charge is -2.01. The van der Waals surface area contributed by atoms with Crippen LogP contribution in [-0.2, 0) is 0 Å². The third-order valence-corrected chi connectivity index (χ3v) is 2.36. The number of aliphatic hydroxyl groups excluding tert-OH is 1. The SMILES string of the molecule is C[C@@H](O)C(=[NH2+])SC(=N)c1ncccn1. The molecule has 1 atom stereocenters. The van der Waals surface area contributed by atoms with Crippen LogP contribution in [0.15, 0.2) is 18.5 Å². The number of hydrogen-bond donors (Lipinski definition) is 3. The number of rotatable bonds is 2. The van der Waals surface area contributed by atoms with E-state index in [4.69, 9.17) is 15.9 Å². The Morgan fingerprint density at radius 2 is 2.14 bits per heavy atom. The fraction of sp³-hybridized carbons (Fsp3) is 0.250. The summed E-state index contributed by atoms with van der Waals surface area (Å²) in [5, 5.41) is 22.6. The van der Waals surface area contributed by atoms with Crippen LogP contribution in [0.5, 0.6) is 0 Å². The molecule has 0 spiro atoms. The van der Waals surface area contributed by atoms with Crippen LogP contribution in [-0.4, -0.2) is 31.3 Å². The zero-order chi connectivity index (χ0) is 10.6. The molecule has 1 aromatic heterocycles. The first-order valence-electron chi connectivity index (χ1n) is 3.95. The standard InChI is InChI=1S/C8H10N4OS/c1-5(13)6(9)14-7(10)8-11-3-2-4-12-8/h2-5,9-10,13H,1H3/p+1/t5-/m1/s1. The van der Waals surface area contributed by atoms with E-state index >= 15 is 0 Å². The molecule has 0 aromatic carbocycles. The van der Waals surface area contributed by atoms with Crippen molar-refractivity contribution in [2.45, 2.75) is 13.0 Å². The number of nitrogens with one attached hydrogen (secondary N) is 1. The highest BCUT2D eigenvalue weighted by Gasteiger charge is 2.16. The normalized spacial score (nSPS) is 12.1. The topological polar surface area (TPSA) is 95.5 Å². The lowest BCUT2D eigenvalue weighted by Crippen LogP contribution is -2.44. The lowest BCUT2D eigenvalue weighted by molar-refractivity contribution is -0.117. The molecular weight excluding hydrogens is 200 g/mol. The van der Waals surface area contributed by atoms with E-state index in [-0.39, 0.29) is 10.1 Å². The van der Waals surface area contributed by atoms with Gasteiger partial charge in [0, 0.05) is 12.4 Å². The molecule has 0 bridgehead atoms. The molecule has 4 N–H and O–H groups in total. The van der Waals surface area contributed by atoms with E-state index in [1.165, 1.54) is 0 Å².